The topological polar surface area (TPSA) is 84.1 Å². The zero-order valence-corrected chi connectivity index (χ0v) is 28.9. The average molecular weight is 698 g/mol. The normalized spacial score (nSPS) is 12.5. The van der Waals surface area contributed by atoms with Gasteiger partial charge in [0.2, 0.25) is 0 Å². The molecular formula is C47H31N5O2. The fourth-order valence-corrected chi connectivity index (χ4v) is 7.61. The maximum absolute atomic E-state index is 13.5. The summed E-state index contributed by atoms with van der Waals surface area (Å²) >= 11 is 0. The summed E-state index contributed by atoms with van der Waals surface area (Å²) in [6.07, 6.45) is -0.723. The number of pyridine rings is 1. The Bertz CT molecular complexity index is 2850. The number of aliphatic hydroxyl groups is 1. The number of aromatic nitrogens is 4. The Morgan fingerprint density at radius 1 is 0.444 bits per heavy atom. The van der Waals surface area contributed by atoms with Crippen molar-refractivity contribution in [1.29, 1.82) is 0 Å². The first-order valence-electron chi connectivity index (χ1n) is 17.8. The van der Waals surface area contributed by atoms with Crippen LogP contribution < -0.4 is 10.3 Å². The molecule has 0 unspecified atom stereocenters. The van der Waals surface area contributed by atoms with Crippen molar-refractivity contribution >= 4 is 38.9 Å². The van der Waals surface area contributed by atoms with Crippen LogP contribution in [0.1, 0.15) is 17.2 Å². The number of hydrogen-bond donors (Lipinski definition) is 1. The minimum atomic E-state index is -0.723. The Labute approximate surface area is 310 Å². The van der Waals surface area contributed by atoms with Crippen LogP contribution in [0.15, 0.2) is 181 Å². The minimum Gasteiger partial charge on any atom is -0.383 e. The molecule has 0 atom stereocenters. The van der Waals surface area contributed by atoms with Gasteiger partial charge >= 0.3 is 0 Å². The molecule has 7 nitrogen and oxygen atoms in total. The first kappa shape index (κ1) is 31.5. The standard InChI is InChI=1S/C47H31N5O2/c53-43-35-20-4-8-24-39(35)51(40-25-9-5-21-36(40)43)33-18-12-16-31(28-33)46-48-45(30-14-2-1-3-15-30)49-47(50-46)32-17-13-19-34(29-32)52-41-26-10-6-22-37(41)44(54)38-23-7-11-27-42(38)52/h1-29,43,53H. The van der Waals surface area contributed by atoms with E-state index in [2.05, 4.69) is 27.7 Å². The van der Waals surface area contributed by atoms with E-state index in [1.54, 1.807) is 0 Å². The highest BCUT2D eigenvalue weighted by Gasteiger charge is 2.30. The summed E-state index contributed by atoms with van der Waals surface area (Å²) < 4.78 is 2.13. The maximum atomic E-state index is 13.5. The van der Waals surface area contributed by atoms with Gasteiger partial charge in [0.1, 0.15) is 6.10 Å². The van der Waals surface area contributed by atoms with Gasteiger partial charge in [0, 0.05) is 50.0 Å². The highest BCUT2D eigenvalue weighted by Crippen LogP contribution is 2.48. The van der Waals surface area contributed by atoms with E-state index < -0.39 is 6.10 Å². The third-order valence-corrected chi connectivity index (χ3v) is 10.1. The largest absolute Gasteiger partial charge is 0.383 e. The summed E-state index contributed by atoms with van der Waals surface area (Å²) in [7, 11) is 0. The number of nitrogens with zero attached hydrogens (tertiary/aromatic N) is 5. The van der Waals surface area contributed by atoms with Gasteiger partial charge in [-0.05, 0) is 60.7 Å². The van der Waals surface area contributed by atoms with Gasteiger partial charge in [0.25, 0.3) is 0 Å². The fourth-order valence-electron chi connectivity index (χ4n) is 7.61. The zero-order chi connectivity index (χ0) is 36.2. The molecule has 1 aliphatic heterocycles. The monoisotopic (exact) mass is 697 g/mol. The van der Waals surface area contributed by atoms with E-state index >= 15 is 0 Å². The molecule has 0 radical (unpaired) electrons. The molecule has 256 valence electrons. The molecule has 9 aromatic rings. The second kappa shape index (κ2) is 12.8. The number of anilines is 3. The molecule has 1 N–H and O–H groups in total. The lowest BCUT2D eigenvalue weighted by Gasteiger charge is -2.36. The Hall–Kier alpha value is -7.22. The number of para-hydroxylation sites is 4. The number of hydrogen-bond acceptors (Lipinski definition) is 6. The van der Waals surface area contributed by atoms with E-state index in [0.717, 1.165) is 61.6 Å². The minimum absolute atomic E-state index is 0.0122. The number of benzene rings is 7. The van der Waals surface area contributed by atoms with Gasteiger partial charge in [-0.1, -0.05) is 115 Å². The maximum Gasteiger partial charge on any atom is 0.197 e. The summed E-state index contributed by atoms with van der Waals surface area (Å²) in [5.41, 5.74) is 9.50. The van der Waals surface area contributed by atoms with E-state index in [9.17, 15) is 9.90 Å². The molecule has 0 aliphatic carbocycles. The highest BCUT2D eigenvalue weighted by molar-refractivity contribution is 5.95. The van der Waals surface area contributed by atoms with E-state index in [1.165, 1.54) is 0 Å². The molecule has 0 saturated carbocycles. The zero-order valence-electron chi connectivity index (χ0n) is 28.9. The molecule has 54 heavy (non-hydrogen) atoms. The van der Waals surface area contributed by atoms with Gasteiger partial charge in [-0.15, -0.1) is 0 Å². The SMILES string of the molecule is O=c1c2ccccc2n(-c2cccc(-c3nc(-c4ccccc4)nc(-c4cccc(N5c6ccccc6C(O)c6ccccc65)c4)n3)c2)c2ccccc12. The molecule has 3 heterocycles. The highest BCUT2D eigenvalue weighted by atomic mass is 16.3. The van der Waals surface area contributed by atoms with Gasteiger partial charge < -0.3 is 14.6 Å². The van der Waals surface area contributed by atoms with Gasteiger partial charge in [0.05, 0.1) is 22.4 Å². The fraction of sp³-hybridized carbons (Fsp3) is 0.0213. The number of rotatable bonds is 5. The van der Waals surface area contributed by atoms with Crippen LogP contribution in [0.3, 0.4) is 0 Å². The lowest BCUT2D eigenvalue weighted by atomic mass is 9.92. The van der Waals surface area contributed by atoms with Gasteiger partial charge in [0.15, 0.2) is 22.9 Å². The Morgan fingerprint density at radius 2 is 0.889 bits per heavy atom. The summed E-state index contributed by atoms with van der Waals surface area (Å²) in [6, 6.07) is 57.6. The molecule has 0 bridgehead atoms. The van der Waals surface area contributed by atoms with Crippen molar-refractivity contribution in [2.75, 3.05) is 4.90 Å². The van der Waals surface area contributed by atoms with Crippen molar-refractivity contribution in [2.45, 2.75) is 6.10 Å². The third-order valence-electron chi connectivity index (χ3n) is 10.1. The molecule has 2 aromatic heterocycles. The van der Waals surface area contributed by atoms with E-state index in [-0.39, 0.29) is 5.43 Å². The van der Waals surface area contributed by atoms with E-state index in [0.29, 0.717) is 28.2 Å². The first-order valence-corrected chi connectivity index (χ1v) is 17.8. The van der Waals surface area contributed by atoms with Gasteiger partial charge in [-0.25, -0.2) is 15.0 Å². The van der Waals surface area contributed by atoms with Crippen molar-refractivity contribution in [2.24, 2.45) is 0 Å². The van der Waals surface area contributed by atoms with Crippen molar-refractivity contribution in [3.05, 3.63) is 197 Å². The summed E-state index contributed by atoms with van der Waals surface area (Å²) in [6.45, 7) is 0. The van der Waals surface area contributed by atoms with Crippen LogP contribution >= 0.6 is 0 Å². The van der Waals surface area contributed by atoms with Gasteiger partial charge in [-0.3, -0.25) is 4.79 Å². The predicted molar refractivity (Wildman–Crippen MR) is 215 cm³/mol. The molecule has 0 amide bonds. The van der Waals surface area contributed by atoms with Crippen LogP contribution in [-0.2, 0) is 0 Å². The van der Waals surface area contributed by atoms with Crippen molar-refractivity contribution in [3.63, 3.8) is 0 Å². The lowest BCUT2D eigenvalue weighted by Crippen LogP contribution is -2.21. The van der Waals surface area contributed by atoms with Crippen molar-refractivity contribution < 1.29 is 5.11 Å². The molecule has 0 fully saturated rings. The Balaban J connectivity index is 1.14. The molecular weight excluding hydrogens is 667 g/mol. The molecule has 0 saturated heterocycles. The van der Waals surface area contributed by atoms with Crippen LogP contribution in [0, 0.1) is 0 Å². The molecule has 10 rings (SSSR count). The Kier molecular flexibility index (Phi) is 7.45. The second-order valence-corrected chi connectivity index (χ2v) is 13.3. The summed E-state index contributed by atoms with van der Waals surface area (Å²) in [4.78, 5) is 30.9. The molecule has 7 aromatic carbocycles. The Morgan fingerprint density at radius 3 is 1.48 bits per heavy atom. The van der Waals surface area contributed by atoms with Crippen LogP contribution in [0.5, 0.6) is 0 Å². The molecule has 1 aliphatic rings. The second-order valence-electron chi connectivity index (χ2n) is 13.3. The summed E-state index contributed by atoms with van der Waals surface area (Å²) in [5, 5.41) is 12.6. The first-order chi connectivity index (χ1) is 26.6. The van der Waals surface area contributed by atoms with E-state index in [4.69, 9.17) is 15.0 Å². The summed E-state index contributed by atoms with van der Waals surface area (Å²) in [5.74, 6) is 1.61. The van der Waals surface area contributed by atoms with Crippen molar-refractivity contribution in [3.8, 4) is 39.9 Å². The number of aliphatic hydroxyl groups excluding tert-OH is 1. The lowest BCUT2D eigenvalue weighted by molar-refractivity contribution is 0.219. The molecule has 0 spiro atoms. The molecule has 7 heteroatoms. The quantitative estimate of drug-likeness (QED) is 0.180. The van der Waals surface area contributed by atoms with Gasteiger partial charge in [-0.2, -0.15) is 0 Å². The number of fused-ring (bicyclic) bond motifs is 4. The van der Waals surface area contributed by atoms with Crippen LogP contribution in [0.4, 0.5) is 17.1 Å². The third kappa shape index (κ3) is 5.18. The van der Waals surface area contributed by atoms with Crippen LogP contribution in [0.2, 0.25) is 0 Å². The van der Waals surface area contributed by atoms with Crippen molar-refractivity contribution in [1.82, 2.24) is 19.5 Å². The van der Waals surface area contributed by atoms with Crippen LogP contribution in [0.25, 0.3) is 61.7 Å². The smallest absolute Gasteiger partial charge is 0.197 e. The van der Waals surface area contributed by atoms with E-state index in [1.807, 2.05) is 158 Å². The average Bonchev–Trinajstić information content (AvgIpc) is 3.24. The van der Waals surface area contributed by atoms with Crippen LogP contribution in [-0.4, -0.2) is 24.6 Å². The predicted octanol–water partition coefficient (Wildman–Crippen LogP) is 10.2.